The highest BCUT2D eigenvalue weighted by atomic mass is 32.2. The first-order chi connectivity index (χ1) is 10.4. The predicted molar refractivity (Wildman–Crippen MR) is 83.5 cm³/mol. The molecular formula is C16H18FNO3S. The number of ether oxygens (including phenoxy) is 1. The Morgan fingerprint density at radius 1 is 1.09 bits per heavy atom. The number of sulfonamides is 1. The average Bonchev–Trinajstić information content (AvgIpc) is 2.49. The van der Waals surface area contributed by atoms with Crippen LogP contribution in [0, 0.1) is 5.82 Å². The van der Waals surface area contributed by atoms with E-state index in [1.165, 1.54) is 35.6 Å². The fourth-order valence-corrected chi connectivity index (χ4v) is 3.21. The van der Waals surface area contributed by atoms with Crippen LogP contribution in [0.2, 0.25) is 0 Å². The minimum absolute atomic E-state index is 0.159. The minimum Gasteiger partial charge on any atom is -0.497 e. The Balaban J connectivity index is 2.09. The lowest BCUT2D eigenvalue weighted by Crippen LogP contribution is -2.27. The van der Waals surface area contributed by atoms with E-state index in [0.29, 0.717) is 11.3 Å². The molecule has 0 amide bonds. The summed E-state index contributed by atoms with van der Waals surface area (Å²) >= 11 is 0. The van der Waals surface area contributed by atoms with Gasteiger partial charge in [0.05, 0.1) is 12.9 Å². The van der Waals surface area contributed by atoms with Crippen LogP contribution in [-0.2, 0) is 22.3 Å². The van der Waals surface area contributed by atoms with Crippen molar-refractivity contribution in [3.63, 3.8) is 0 Å². The predicted octanol–water partition coefficient (Wildman–Crippen LogP) is 2.80. The van der Waals surface area contributed by atoms with Crippen molar-refractivity contribution in [2.75, 3.05) is 14.2 Å². The van der Waals surface area contributed by atoms with Gasteiger partial charge in [0, 0.05) is 13.6 Å². The molecule has 4 nitrogen and oxygen atoms in total. The van der Waals surface area contributed by atoms with E-state index in [2.05, 4.69) is 0 Å². The molecule has 0 saturated carbocycles. The van der Waals surface area contributed by atoms with Crippen LogP contribution >= 0.6 is 0 Å². The van der Waals surface area contributed by atoms with Crippen molar-refractivity contribution in [2.45, 2.75) is 12.3 Å². The first kappa shape index (κ1) is 16.5. The molecule has 0 atom stereocenters. The minimum atomic E-state index is -3.47. The van der Waals surface area contributed by atoms with E-state index in [1.807, 2.05) is 12.1 Å². The van der Waals surface area contributed by atoms with Crippen molar-refractivity contribution in [3.8, 4) is 5.75 Å². The lowest BCUT2D eigenvalue weighted by molar-refractivity contribution is 0.412. The summed E-state index contributed by atoms with van der Waals surface area (Å²) in [6.07, 6.45) is 0. The van der Waals surface area contributed by atoms with Crippen molar-refractivity contribution in [2.24, 2.45) is 0 Å². The Kier molecular flexibility index (Phi) is 5.15. The molecule has 0 aliphatic rings. The molecule has 6 heteroatoms. The Morgan fingerprint density at radius 3 is 2.41 bits per heavy atom. The molecule has 0 aliphatic carbocycles. The van der Waals surface area contributed by atoms with Gasteiger partial charge in [-0.15, -0.1) is 0 Å². The maximum atomic E-state index is 12.9. The van der Waals surface area contributed by atoms with Crippen molar-refractivity contribution >= 4 is 10.0 Å². The third kappa shape index (κ3) is 4.29. The number of nitrogens with zero attached hydrogens (tertiary/aromatic N) is 1. The summed E-state index contributed by atoms with van der Waals surface area (Å²) in [6.45, 7) is 0.251. The van der Waals surface area contributed by atoms with E-state index < -0.39 is 10.0 Å². The molecule has 0 N–H and O–H groups in total. The summed E-state index contributed by atoms with van der Waals surface area (Å²) in [5.74, 6) is 0.140. The maximum Gasteiger partial charge on any atom is 0.218 e. The van der Waals surface area contributed by atoms with E-state index in [-0.39, 0.29) is 18.1 Å². The summed E-state index contributed by atoms with van der Waals surface area (Å²) in [5.41, 5.74) is 1.39. The Morgan fingerprint density at radius 2 is 1.77 bits per heavy atom. The van der Waals surface area contributed by atoms with E-state index in [1.54, 1.807) is 19.2 Å². The van der Waals surface area contributed by atoms with Gasteiger partial charge in [0.1, 0.15) is 11.6 Å². The second kappa shape index (κ2) is 6.89. The standard InChI is InChI=1S/C16H18FNO3S/c1-18(11-14-4-3-5-16(10-14)21-2)22(19,20)12-13-6-8-15(17)9-7-13/h3-10H,11-12H2,1-2H3. The SMILES string of the molecule is COc1cccc(CN(C)S(=O)(=O)Cc2ccc(F)cc2)c1. The normalized spacial score (nSPS) is 11.6. The van der Waals surface area contributed by atoms with Gasteiger partial charge in [0.2, 0.25) is 10.0 Å². The van der Waals surface area contributed by atoms with Crippen molar-refractivity contribution in [1.82, 2.24) is 4.31 Å². The van der Waals surface area contributed by atoms with Crippen LogP contribution in [0.5, 0.6) is 5.75 Å². The zero-order chi connectivity index (χ0) is 16.2. The van der Waals surface area contributed by atoms with Crippen LogP contribution in [0.15, 0.2) is 48.5 Å². The van der Waals surface area contributed by atoms with Gasteiger partial charge in [-0.25, -0.2) is 17.1 Å². The van der Waals surface area contributed by atoms with E-state index in [4.69, 9.17) is 4.74 Å². The van der Waals surface area contributed by atoms with Gasteiger partial charge in [-0.2, -0.15) is 0 Å². The van der Waals surface area contributed by atoms with Crippen LogP contribution in [0.3, 0.4) is 0 Å². The number of hydrogen-bond acceptors (Lipinski definition) is 3. The van der Waals surface area contributed by atoms with Crippen molar-refractivity contribution in [3.05, 3.63) is 65.5 Å². The van der Waals surface area contributed by atoms with Crippen LogP contribution in [-0.4, -0.2) is 26.9 Å². The third-order valence-corrected chi connectivity index (χ3v) is 5.05. The average molecular weight is 323 g/mol. The summed E-state index contributed by atoms with van der Waals surface area (Å²) in [7, 11) is -0.384. The second-order valence-corrected chi connectivity index (χ2v) is 7.07. The number of halogens is 1. The smallest absolute Gasteiger partial charge is 0.218 e. The first-order valence-electron chi connectivity index (χ1n) is 6.72. The highest BCUT2D eigenvalue weighted by Crippen LogP contribution is 2.17. The fraction of sp³-hybridized carbons (Fsp3) is 0.250. The molecule has 2 aromatic rings. The van der Waals surface area contributed by atoms with Gasteiger partial charge in [0.15, 0.2) is 0 Å². The number of rotatable bonds is 6. The van der Waals surface area contributed by atoms with Gasteiger partial charge in [-0.05, 0) is 35.4 Å². The summed E-state index contributed by atoms with van der Waals surface area (Å²) in [5, 5.41) is 0. The van der Waals surface area contributed by atoms with Crippen molar-refractivity contribution in [1.29, 1.82) is 0 Å². The fourth-order valence-electron chi connectivity index (χ4n) is 2.03. The Bertz CT molecular complexity index is 729. The molecule has 2 rings (SSSR count). The molecule has 118 valence electrons. The molecule has 0 fully saturated rings. The maximum absolute atomic E-state index is 12.9. The third-order valence-electron chi connectivity index (χ3n) is 3.28. The summed E-state index contributed by atoms with van der Waals surface area (Å²) in [4.78, 5) is 0. The lowest BCUT2D eigenvalue weighted by atomic mass is 10.2. The number of methoxy groups -OCH3 is 1. The van der Waals surface area contributed by atoms with Crippen LogP contribution in [0.1, 0.15) is 11.1 Å². The van der Waals surface area contributed by atoms with E-state index >= 15 is 0 Å². The van der Waals surface area contributed by atoms with Crippen molar-refractivity contribution < 1.29 is 17.5 Å². The largest absolute Gasteiger partial charge is 0.497 e. The molecule has 0 aromatic heterocycles. The van der Waals surface area contributed by atoms with E-state index in [0.717, 1.165) is 5.56 Å². The van der Waals surface area contributed by atoms with Crippen LogP contribution in [0.4, 0.5) is 4.39 Å². The zero-order valence-corrected chi connectivity index (χ0v) is 13.3. The van der Waals surface area contributed by atoms with Crippen LogP contribution < -0.4 is 4.74 Å². The lowest BCUT2D eigenvalue weighted by Gasteiger charge is -2.17. The molecule has 0 heterocycles. The molecule has 0 radical (unpaired) electrons. The summed E-state index contributed by atoms with van der Waals surface area (Å²) < 4.78 is 44.0. The molecule has 0 spiro atoms. The molecule has 0 unspecified atom stereocenters. The molecular weight excluding hydrogens is 305 g/mol. The Hall–Kier alpha value is -1.92. The second-order valence-electron chi connectivity index (χ2n) is 4.99. The molecule has 0 aliphatic heterocycles. The number of hydrogen-bond donors (Lipinski definition) is 0. The highest BCUT2D eigenvalue weighted by molar-refractivity contribution is 7.88. The van der Waals surface area contributed by atoms with Gasteiger partial charge >= 0.3 is 0 Å². The van der Waals surface area contributed by atoms with Gasteiger partial charge < -0.3 is 4.74 Å². The first-order valence-corrected chi connectivity index (χ1v) is 8.33. The monoisotopic (exact) mass is 323 g/mol. The van der Waals surface area contributed by atoms with E-state index in [9.17, 15) is 12.8 Å². The molecule has 0 saturated heterocycles. The quantitative estimate of drug-likeness (QED) is 0.821. The topological polar surface area (TPSA) is 46.6 Å². The Labute approximate surface area is 130 Å². The number of benzene rings is 2. The van der Waals surface area contributed by atoms with Gasteiger partial charge in [0.25, 0.3) is 0 Å². The highest BCUT2D eigenvalue weighted by Gasteiger charge is 2.19. The van der Waals surface area contributed by atoms with Gasteiger partial charge in [-0.1, -0.05) is 24.3 Å². The molecule has 0 bridgehead atoms. The zero-order valence-electron chi connectivity index (χ0n) is 12.5. The summed E-state index contributed by atoms with van der Waals surface area (Å²) in [6, 6.07) is 12.7. The van der Waals surface area contributed by atoms with Crippen LogP contribution in [0.25, 0.3) is 0 Å². The molecule has 2 aromatic carbocycles. The molecule has 22 heavy (non-hydrogen) atoms. The van der Waals surface area contributed by atoms with Gasteiger partial charge in [-0.3, -0.25) is 0 Å².